The van der Waals surface area contributed by atoms with Crippen molar-refractivity contribution in [3.63, 3.8) is 0 Å². The number of rotatable bonds is 2. The number of H-pyrrole nitrogens is 1. The molecule has 1 aromatic rings. The van der Waals surface area contributed by atoms with Crippen molar-refractivity contribution in [2.45, 2.75) is 9.61 Å². The van der Waals surface area contributed by atoms with Crippen molar-refractivity contribution in [1.82, 2.24) is 4.98 Å². The molecule has 1 rings (SSSR count). The van der Waals surface area contributed by atoms with Gasteiger partial charge in [0.1, 0.15) is 0 Å². The highest BCUT2D eigenvalue weighted by molar-refractivity contribution is 8.01. The maximum Gasteiger partial charge on any atom is 0.375 e. The second-order valence-corrected chi connectivity index (χ2v) is 3.48. The van der Waals surface area contributed by atoms with Crippen molar-refractivity contribution in [3.05, 3.63) is 18.5 Å². The number of nitrogens with one attached hydrogen (secondary N) is 1. The first-order valence-corrected chi connectivity index (χ1v) is 3.66. The minimum absolute atomic E-state index is 0.308. The third-order valence-corrected chi connectivity index (χ3v) is 1.76. The maximum atomic E-state index is 12.0. The average Bonchev–Trinajstić information content (AvgIpc) is 2.12. The van der Waals surface area contributed by atoms with Crippen LogP contribution in [0.15, 0.2) is 23.4 Å². The summed E-state index contributed by atoms with van der Waals surface area (Å²) in [7, 11) is 0. The van der Waals surface area contributed by atoms with Crippen LogP contribution in [0, 0.1) is 0 Å². The minimum Gasteiger partial charge on any atom is -0.367 e. The zero-order valence-corrected chi connectivity index (χ0v) is 6.35. The first-order valence-electron chi connectivity index (χ1n) is 2.46. The van der Waals surface area contributed by atoms with Gasteiger partial charge in [-0.1, -0.05) is 0 Å². The highest BCUT2D eigenvalue weighted by Crippen LogP contribution is 2.38. The van der Waals surface area contributed by atoms with Gasteiger partial charge in [0.05, 0.1) is 0 Å². The summed E-state index contributed by atoms with van der Waals surface area (Å²) in [6.45, 7) is 0. The maximum absolute atomic E-state index is 12.0. The van der Waals surface area contributed by atoms with Crippen LogP contribution in [0.5, 0.6) is 0 Å². The number of thioether (sulfide) groups is 1. The lowest BCUT2D eigenvalue weighted by Crippen LogP contribution is -1.95. The Morgan fingerprint density at radius 1 is 1.60 bits per heavy atom. The SMILES string of the molecule is FC(F)(Cl)Sc1cc[nH]c1. The lowest BCUT2D eigenvalue weighted by Gasteiger charge is -2.02. The fraction of sp³-hybridized carbons (Fsp3) is 0.200. The second-order valence-electron chi connectivity index (χ2n) is 1.59. The molecule has 0 spiro atoms. The highest BCUT2D eigenvalue weighted by Gasteiger charge is 2.26. The number of hydrogen-bond acceptors (Lipinski definition) is 1. The van der Waals surface area contributed by atoms with E-state index in [-0.39, 0.29) is 0 Å². The van der Waals surface area contributed by atoms with Gasteiger partial charge in [0.25, 0.3) is 0 Å². The number of aromatic amines is 1. The molecule has 0 saturated carbocycles. The van der Waals surface area contributed by atoms with Gasteiger partial charge in [0, 0.05) is 17.3 Å². The molecule has 1 N–H and O–H groups in total. The molecule has 0 saturated heterocycles. The van der Waals surface area contributed by atoms with Crippen molar-refractivity contribution in [2.75, 3.05) is 0 Å². The Labute approximate surface area is 65.8 Å². The first-order chi connectivity index (χ1) is 4.58. The molecule has 1 heterocycles. The molecular weight excluding hydrogens is 180 g/mol. The molecule has 1 aromatic heterocycles. The zero-order valence-electron chi connectivity index (χ0n) is 4.77. The Morgan fingerprint density at radius 3 is 2.70 bits per heavy atom. The topological polar surface area (TPSA) is 15.8 Å². The van der Waals surface area contributed by atoms with Gasteiger partial charge in [-0.2, -0.15) is 8.78 Å². The summed E-state index contributed by atoms with van der Waals surface area (Å²) in [6, 6.07) is 1.53. The van der Waals surface area contributed by atoms with Gasteiger partial charge in [-0.25, -0.2) is 0 Å². The van der Waals surface area contributed by atoms with Crippen LogP contribution < -0.4 is 0 Å². The Balaban J connectivity index is 2.57. The molecular formula is C5H4ClF2NS. The van der Waals surface area contributed by atoms with E-state index < -0.39 is 4.71 Å². The summed E-state index contributed by atoms with van der Waals surface area (Å²) in [5.74, 6) is 0. The Bertz CT molecular complexity index is 194. The third-order valence-electron chi connectivity index (χ3n) is 0.803. The normalized spacial score (nSPS) is 11.9. The molecule has 5 heteroatoms. The number of halogens is 3. The fourth-order valence-electron chi connectivity index (χ4n) is 0.506. The zero-order chi connectivity index (χ0) is 7.61. The van der Waals surface area contributed by atoms with Crippen LogP contribution >= 0.6 is 23.4 Å². The summed E-state index contributed by atoms with van der Waals surface area (Å²) in [5, 5.41) is 0. The number of alkyl halides is 3. The third kappa shape index (κ3) is 2.58. The molecule has 0 atom stereocenters. The van der Waals surface area contributed by atoms with Gasteiger partial charge in [0.15, 0.2) is 0 Å². The Hall–Kier alpha value is -0.220. The van der Waals surface area contributed by atoms with Crippen molar-refractivity contribution in [1.29, 1.82) is 0 Å². The van der Waals surface area contributed by atoms with Crippen LogP contribution in [0.4, 0.5) is 8.78 Å². The van der Waals surface area contributed by atoms with Gasteiger partial charge in [-0.15, -0.1) is 0 Å². The Kier molecular flexibility index (Phi) is 2.21. The van der Waals surface area contributed by atoms with E-state index in [1.54, 1.807) is 6.20 Å². The van der Waals surface area contributed by atoms with Crippen molar-refractivity contribution in [2.24, 2.45) is 0 Å². The largest absolute Gasteiger partial charge is 0.375 e. The molecule has 56 valence electrons. The molecule has 0 bridgehead atoms. The second kappa shape index (κ2) is 2.80. The molecule has 0 aromatic carbocycles. The standard InChI is InChI=1S/C5H4ClF2NS/c6-5(7,8)10-4-1-2-9-3-4/h1-3,9H. The molecule has 1 nitrogen and oxygen atoms in total. The highest BCUT2D eigenvalue weighted by atomic mass is 35.5. The Morgan fingerprint density at radius 2 is 2.30 bits per heavy atom. The lowest BCUT2D eigenvalue weighted by molar-refractivity contribution is 0.203. The van der Waals surface area contributed by atoms with Crippen molar-refractivity contribution >= 4 is 23.4 Å². The van der Waals surface area contributed by atoms with E-state index >= 15 is 0 Å². The van der Waals surface area contributed by atoms with E-state index in [0.29, 0.717) is 16.7 Å². The minimum atomic E-state index is -3.21. The van der Waals surface area contributed by atoms with Crippen LogP contribution in [-0.2, 0) is 0 Å². The molecule has 0 aliphatic heterocycles. The van der Waals surface area contributed by atoms with Crippen LogP contribution in [0.3, 0.4) is 0 Å². The predicted molar refractivity (Wildman–Crippen MR) is 37.4 cm³/mol. The number of hydrogen-bond donors (Lipinski definition) is 1. The summed E-state index contributed by atoms with van der Waals surface area (Å²) in [4.78, 5) is 3.07. The van der Waals surface area contributed by atoms with Crippen LogP contribution in [0.2, 0.25) is 0 Å². The first kappa shape index (κ1) is 7.88. The van der Waals surface area contributed by atoms with E-state index in [1.165, 1.54) is 12.3 Å². The fourth-order valence-corrected chi connectivity index (χ4v) is 1.30. The van der Waals surface area contributed by atoms with Gasteiger partial charge in [0.2, 0.25) is 0 Å². The smallest absolute Gasteiger partial charge is 0.367 e. The molecule has 10 heavy (non-hydrogen) atoms. The quantitative estimate of drug-likeness (QED) is 0.551. The van der Waals surface area contributed by atoms with E-state index in [0.717, 1.165) is 0 Å². The lowest BCUT2D eigenvalue weighted by atomic mass is 10.7. The predicted octanol–water partition coefficient (Wildman–Crippen LogP) is 2.90. The molecule has 0 aliphatic rings. The van der Waals surface area contributed by atoms with Gasteiger partial charge in [-0.05, 0) is 29.4 Å². The van der Waals surface area contributed by atoms with Crippen LogP contribution in [-0.4, -0.2) is 9.70 Å². The van der Waals surface area contributed by atoms with Crippen molar-refractivity contribution < 1.29 is 8.78 Å². The van der Waals surface area contributed by atoms with Gasteiger partial charge in [-0.3, -0.25) is 0 Å². The van der Waals surface area contributed by atoms with Crippen molar-refractivity contribution in [3.8, 4) is 0 Å². The van der Waals surface area contributed by atoms with Gasteiger partial charge >= 0.3 is 4.71 Å². The summed E-state index contributed by atoms with van der Waals surface area (Å²) in [5.41, 5.74) is 0. The van der Waals surface area contributed by atoms with Crippen LogP contribution in [0.1, 0.15) is 0 Å². The van der Waals surface area contributed by atoms with Gasteiger partial charge < -0.3 is 4.98 Å². The molecule has 0 fully saturated rings. The molecule has 0 radical (unpaired) electrons. The number of aromatic nitrogens is 1. The summed E-state index contributed by atoms with van der Waals surface area (Å²) < 4.78 is 20.8. The van der Waals surface area contributed by atoms with E-state index in [1.807, 2.05) is 0 Å². The van der Waals surface area contributed by atoms with E-state index in [2.05, 4.69) is 16.6 Å². The monoisotopic (exact) mass is 183 g/mol. The molecule has 0 aliphatic carbocycles. The van der Waals surface area contributed by atoms with Crippen LogP contribution in [0.25, 0.3) is 0 Å². The summed E-state index contributed by atoms with van der Waals surface area (Å²) >= 11 is 4.95. The summed E-state index contributed by atoms with van der Waals surface area (Å²) in [6.07, 6.45) is 3.02. The molecule has 0 unspecified atom stereocenters. The van der Waals surface area contributed by atoms with E-state index in [9.17, 15) is 8.78 Å². The molecule has 0 amide bonds. The average molecular weight is 184 g/mol. The van der Waals surface area contributed by atoms with E-state index in [4.69, 9.17) is 0 Å².